The van der Waals surface area contributed by atoms with Crippen LogP contribution in [0.3, 0.4) is 0 Å². The van der Waals surface area contributed by atoms with E-state index in [9.17, 15) is 14.0 Å². The fourth-order valence-electron chi connectivity index (χ4n) is 1.76. The van der Waals surface area contributed by atoms with Gasteiger partial charge >= 0.3 is 0 Å². The summed E-state index contributed by atoms with van der Waals surface area (Å²) in [5, 5.41) is 3.42. The number of carbonyl (C=O) groups excluding carboxylic acids is 2. The minimum Gasteiger partial charge on any atom is -0.324 e. The Morgan fingerprint density at radius 1 is 1.17 bits per heavy atom. The van der Waals surface area contributed by atoms with Crippen molar-refractivity contribution in [1.82, 2.24) is 0 Å². The van der Waals surface area contributed by atoms with Crippen LogP contribution in [0.15, 0.2) is 41.3 Å². The highest BCUT2D eigenvalue weighted by Gasteiger charge is 2.11. The number of carbonyl (C=O) groups is 2. The number of benzene rings is 2. The maximum absolute atomic E-state index is 13.9. The van der Waals surface area contributed by atoms with Gasteiger partial charge in [-0.1, -0.05) is 29.3 Å². The summed E-state index contributed by atoms with van der Waals surface area (Å²) in [7, 11) is 0. The average Bonchev–Trinajstić information content (AvgIpc) is 2.48. The fourth-order valence-corrected chi connectivity index (χ4v) is 2.93. The summed E-state index contributed by atoms with van der Waals surface area (Å²) in [5.41, 5.74) is 0.735. The first-order valence-corrected chi connectivity index (χ1v) is 8.29. The molecule has 23 heavy (non-hydrogen) atoms. The summed E-state index contributed by atoms with van der Waals surface area (Å²) in [4.78, 5) is 23.4. The maximum Gasteiger partial charge on any atom is 0.234 e. The molecule has 3 nitrogen and oxygen atoms in total. The van der Waals surface area contributed by atoms with Crippen molar-refractivity contribution in [1.29, 1.82) is 0 Å². The van der Waals surface area contributed by atoms with Gasteiger partial charge in [0.25, 0.3) is 0 Å². The minimum absolute atomic E-state index is 0.00922. The first-order chi connectivity index (χ1) is 10.9. The van der Waals surface area contributed by atoms with Gasteiger partial charge in [-0.05, 0) is 37.3 Å². The van der Waals surface area contributed by atoms with Gasteiger partial charge in [-0.2, -0.15) is 0 Å². The molecular weight excluding hydrogens is 360 g/mol. The molecule has 120 valence electrons. The lowest BCUT2D eigenvalue weighted by Crippen LogP contribution is -2.14. The molecule has 0 heterocycles. The van der Waals surface area contributed by atoms with Gasteiger partial charge in [-0.25, -0.2) is 4.39 Å². The number of ketones is 1. The molecule has 0 atom stereocenters. The SMILES string of the molecule is CC(=O)c1ccc(SCC(=O)Nc2ccc(Cl)cc2Cl)c(F)c1. The van der Waals surface area contributed by atoms with Gasteiger partial charge in [-0.15, -0.1) is 11.8 Å². The van der Waals surface area contributed by atoms with Crippen molar-refractivity contribution in [3.8, 4) is 0 Å². The normalized spacial score (nSPS) is 10.4. The molecule has 0 aliphatic rings. The standard InChI is InChI=1S/C16H12Cl2FNO2S/c1-9(21)10-2-5-15(13(19)6-10)23-8-16(22)20-14-4-3-11(17)7-12(14)18/h2-7H,8H2,1H3,(H,20,22). The number of anilines is 1. The van der Waals surface area contributed by atoms with Crippen molar-refractivity contribution in [3.63, 3.8) is 0 Å². The Hall–Kier alpha value is -1.56. The Bertz CT molecular complexity index is 768. The zero-order valence-corrected chi connectivity index (χ0v) is 14.4. The van der Waals surface area contributed by atoms with Crippen molar-refractivity contribution in [3.05, 3.63) is 57.8 Å². The van der Waals surface area contributed by atoms with Crippen molar-refractivity contribution < 1.29 is 14.0 Å². The Kier molecular flexibility index (Phi) is 6.04. The van der Waals surface area contributed by atoms with Gasteiger partial charge in [0.2, 0.25) is 5.91 Å². The zero-order valence-electron chi connectivity index (χ0n) is 12.0. The summed E-state index contributed by atoms with van der Waals surface area (Å²) in [6.45, 7) is 1.37. The van der Waals surface area contributed by atoms with Crippen molar-refractivity contribution in [2.24, 2.45) is 0 Å². The van der Waals surface area contributed by atoms with Gasteiger partial charge in [-0.3, -0.25) is 9.59 Å². The molecular formula is C16H12Cl2FNO2S. The number of rotatable bonds is 5. The molecule has 1 amide bonds. The highest BCUT2D eigenvalue weighted by Crippen LogP contribution is 2.27. The molecule has 2 aromatic carbocycles. The predicted octanol–water partition coefficient (Wildman–Crippen LogP) is 5.07. The van der Waals surface area contributed by atoms with Crippen molar-refractivity contribution in [2.45, 2.75) is 11.8 Å². The molecule has 0 fully saturated rings. The maximum atomic E-state index is 13.9. The average molecular weight is 372 g/mol. The van der Waals surface area contributed by atoms with Crippen LogP contribution in [0, 0.1) is 5.82 Å². The second-order valence-corrected chi connectivity index (χ2v) is 6.52. The van der Waals surface area contributed by atoms with Crippen molar-refractivity contribution in [2.75, 3.05) is 11.1 Å². The smallest absolute Gasteiger partial charge is 0.234 e. The number of hydrogen-bond donors (Lipinski definition) is 1. The van der Waals surface area contributed by atoms with Crippen LogP contribution in [0.4, 0.5) is 10.1 Å². The summed E-state index contributed by atoms with van der Waals surface area (Å²) in [5.74, 6) is -1.06. The molecule has 0 aliphatic heterocycles. The zero-order chi connectivity index (χ0) is 17.0. The van der Waals surface area contributed by atoms with Gasteiger partial charge in [0.05, 0.1) is 16.5 Å². The molecule has 0 bridgehead atoms. The first-order valence-electron chi connectivity index (χ1n) is 6.55. The molecule has 0 saturated heterocycles. The van der Waals surface area contributed by atoms with Crippen LogP contribution in [0.1, 0.15) is 17.3 Å². The third-order valence-corrected chi connectivity index (χ3v) is 4.50. The Morgan fingerprint density at radius 3 is 2.52 bits per heavy atom. The minimum atomic E-state index is -0.528. The number of hydrogen-bond acceptors (Lipinski definition) is 3. The number of nitrogens with one attached hydrogen (secondary N) is 1. The van der Waals surface area contributed by atoms with Crippen molar-refractivity contribution >= 4 is 52.3 Å². The topological polar surface area (TPSA) is 46.2 Å². The van der Waals surface area contributed by atoms with E-state index in [1.165, 1.54) is 31.2 Å². The van der Waals surface area contributed by atoms with E-state index in [0.717, 1.165) is 11.8 Å². The fraction of sp³-hybridized carbons (Fsp3) is 0.125. The van der Waals surface area contributed by atoms with Crippen LogP contribution in [0.2, 0.25) is 10.0 Å². The summed E-state index contributed by atoms with van der Waals surface area (Å²) in [6.07, 6.45) is 0. The van der Waals surface area contributed by atoms with Crippen LogP contribution in [-0.2, 0) is 4.79 Å². The van der Waals surface area contributed by atoms with E-state index in [4.69, 9.17) is 23.2 Å². The monoisotopic (exact) mass is 371 g/mol. The van der Waals surface area contributed by atoms with E-state index >= 15 is 0 Å². The lowest BCUT2D eigenvalue weighted by molar-refractivity contribution is -0.113. The summed E-state index contributed by atoms with van der Waals surface area (Å²) >= 11 is 12.8. The van der Waals surface area contributed by atoms with Crippen LogP contribution in [0.5, 0.6) is 0 Å². The second-order valence-electron chi connectivity index (χ2n) is 4.66. The Morgan fingerprint density at radius 2 is 1.91 bits per heavy atom. The Labute approximate surface area is 147 Å². The molecule has 0 aromatic heterocycles. The van der Waals surface area contributed by atoms with Gasteiger partial charge in [0, 0.05) is 15.5 Å². The number of Topliss-reactive ketones (excluding diaryl/α,β-unsaturated/α-hetero) is 1. The predicted molar refractivity (Wildman–Crippen MR) is 92.2 cm³/mol. The lowest BCUT2D eigenvalue weighted by atomic mass is 10.1. The van der Waals surface area contributed by atoms with E-state index in [2.05, 4.69) is 5.32 Å². The first kappa shape index (κ1) is 17.8. The molecule has 0 aliphatic carbocycles. The Balaban J connectivity index is 1.98. The number of halogens is 3. The van der Waals surface area contributed by atoms with E-state index in [0.29, 0.717) is 26.2 Å². The van der Waals surface area contributed by atoms with Gasteiger partial charge < -0.3 is 5.32 Å². The highest BCUT2D eigenvalue weighted by molar-refractivity contribution is 8.00. The van der Waals surface area contributed by atoms with Crippen LogP contribution >= 0.6 is 35.0 Å². The van der Waals surface area contributed by atoms with E-state index in [1.807, 2.05) is 0 Å². The molecule has 1 N–H and O–H groups in total. The van der Waals surface area contributed by atoms with Crippen LogP contribution in [-0.4, -0.2) is 17.4 Å². The lowest BCUT2D eigenvalue weighted by Gasteiger charge is -2.08. The second kappa shape index (κ2) is 7.81. The molecule has 0 saturated carbocycles. The number of amides is 1. The third-order valence-electron chi connectivity index (χ3n) is 2.90. The molecule has 0 spiro atoms. The summed E-state index contributed by atoms with van der Waals surface area (Å²) in [6, 6.07) is 8.90. The molecule has 0 radical (unpaired) electrons. The largest absolute Gasteiger partial charge is 0.324 e. The van der Waals surface area contributed by atoms with Crippen LogP contribution in [0.25, 0.3) is 0 Å². The van der Waals surface area contributed by atoms with E-state index in [-0.39, 0.29) is 17.4 Å². The third kappa shape index (κ3) is 4.96. The highest BCUT2D eigenvalue weighted by atomic mass is 35.5. The van der Waals surface area contributed by atoms with Gasteiger partial charge in [0.1, 0.15) is 5.82 Å². The summed E-state index contributed by atoms with van der Waals surface area (Å²) < 4.78 is 13.9. The molecule has 2 aromatic rings. The molecule has 7 heteroatoms. The molecule has 0 unspecified atom stereocenters. The van der Waals surface area contributed by atoms with Crippen LogP contribution < -0.4 is 5.32 Å². The molecule has 2 rings (SSSR count). The van der Waals surface area contributed by atoms with E-state index in [1.54, 1.807) is 12.1 Å². The van der Waals surface area contributed by atoms with Gasteiger partial charge in [0.15, 0.2) is 5.78 Å². The van der Waals surface area contributed by atoms with E-state index < -0.39 is 5.82 Å². The number of thioether (sulfide) groups is 1. The quantitative estimate of drug-likeness (QED) is 0.589.